The smallest absolute Gasteiger partial charge is 0.337 e. The van der Waals surface area contributed by atoms with Crippen molar-refractivity contribution in [2.45, 2.75) is 26.7 Å². The summed E-state index contributed by atoms with van der Waals surface area (Å²) in [5.74, 6) is 0.0585. The first-order valence-electron chi connectivity index (χ1n) is 8.28. The van der Waals surface area contributed by atoms with Gasteiger partial charge in [-0.2, -0.15) is 0 Å². The zero-order valence-corrected chi connectivity index (χ0v) is 14.8. The Balaban J connectivity index is 2.07. The Bertz CT molecular complexity index is 738. The van der Waals surface area contributed by atoms with Crippen molar-refractivity contribution in [2.75, 3.05) is 19.0 Å². The van der Waals surface area contributed by atoms with E-state index < -0.39 is 5.97 Å². The number of amides is 1. The molecule has 0 aliphatic heterocycles. The first-order valence-corrected chi connectivity index (χ1v) is 8.28. The van der Waals surface area contributed by atoms with E-state index in [4.69, 9.17) is 9.47 Å². The van der Waals surface area contributed by atoms with Crippen molar-refractivity contribution in [1.29, 1.82) is 0 Å². The van der Waals surface area contributed by atoms with E-state index in [9.17, 15) is 9.59 Å². The van der Waals surface area contributed by atoms with Crippen molar-refractivity contribution in [2.24, 2.45) is 0 Å². The Morgan fingerprint density at radius 1 is 1.04 bits per heavy atom. The summed E-state index contributed by atoms with van der Waals surface area (Å²) in [5, 5.41) is 2.83. The number of carbonyl (C=O) groups excluding carboxylic acids is 2. The van der Waals surface area contributed by atoms with E-state index in [1.165, 1.54) is 7.11 Å². The highest BCUT2D eigenvalue weighted by Crippen LogP contribution is 2.19. The molecule has 0 aromatic heterocycles. The molecule has 0 spiro atoms. The van der Waals surface area contributed by atoms with Crippen LogP contribution in [0.1, 0.15) is 46.0 Å². The highest BCUT2D eigenvalue weighted by molar-refractivity contribution is 6.05. The molecule has 2 rings (SSSR count). The number of rotatable bonds is 7. The van der Waals surface area contributed by atoms with Crippen LogP contribution in [0, 0.1) is 6.92 Å². The molecule has 2 aromatic rings. The van der Waals surface area contributed by atoms with Crippen LogP contribution in [0.4, 0.5) is 5.69 Å². The molecule has 0 heterocycles. The molecule has 1 amide bonds. The lowest BCUT2D eigenvalue weighted by Gasteiger charge is -2.11. The highest BCUT2D eigenvalue weighted by Gasteiger charge is 2.11. The van der Waals surface area contributed by atoms with Gasteiger partial charge in [0.2, 0.25) is 0 Å². The van der Waals surface area contributed by atoms with Crippen LogP contribution in [-0.4, -0.2) is 25.6 Å². The van der Waals surface area contributed by atoms with Gasteiger partial charge in [0.05, 0.1) is 19.3 Å². The van der Waals surface area contributed by atoms with E-state index in [0.717, 1.165) is 24.2 Å². The Kier molecular flexibility index (Phi) is 6.57. The second kappa shape index (κ2) is 8.87. The quantitative estimate of drug-likeness (QED) is 0.605. The van der Waals surface area contributed by atoms with Crippen LogP contribution in [0.2, 0.25) is 0 Å². The lowest BCUT2D eigenvalue weighted by atomic mass is 10.1. The molecule has 0 aliphatic rings. The average molecular weight is 341 g/mol. The first kappa shape index (κ1) is 18.5. The van der Waals surface area contributed by atoms with Gasteiger partial charge in [0.15, 0.2) is 0 Å². The Hall–Kier alpha value is -2.82. The minimum absolute atomic E-state index is 0.245. The van der Waals surface area contributed by atoms with Gasteiger partial charge in [0.1, 0.15) is 5.75 Å². The second-order valence-corrected chi connectivity index (χ2v) is 5.70. The fourth-order valence-corrected chi connectivity index (χ4v) is 2.23. The van der Waals surface area contributed by atoms with Crippen LogP contribution in [-0.2, 0) is 4.74 Å². The third-order valence-corrected chi connectivity index (χ3v) is 3.79. The summed E-state index contributed by atoms with van der Waals surface area (Å²) >= 11 is 0. The van der Waals surface area contributed by atoms with Crippen molar-refractivity contribution in [3.05, 3.63) is 59.2 Å². The summed E-state index contributed by atoms with van der Waals surface area (Å²) in [5.41, 5.74) is 2.35. The molecular formula is C20H23NO4. The number of methoxy groups -OCH3 is 1. The van der Waals surface area contributed by atoms with Crippen molar-refractivity contribution in [3.63, 3.8) is 0 Å². The molecule has 0 saturated carbocycles. The van der Waals surface area contributed by atoms with Gasteiger partial charge >= 0.3 is 5.97 Å². The van der Waals surface area contributed by atoms with E-state index in [1.807, 2.05) is 6.92 Å². The summed E-state index contributed by atoms with van der Waals surface area (Å²) in [6, 6.07) is 12.0. The minimum Gasteiger partial charge on any atom is -0.494 e. The van der Waals surface area contributed by atoms with Crippen molar-refractivity contribution >= 4 is 17.6 Å². The summed E-state index contributed by atoms with van der Waals surface area (Å²) in [4.78, 5) is 24.0. The molecule has 0 radical (unpaired) electrons. The molecule has 0 atom stereocenters. The SMILES string of the molecule is CCCCOc1ccc(C(=O)Nc2cc(C(=O)OC)ccc2C)cc1. The fraction of sp³-hybridized carbons (Fsp3) is 0.300. The number of nitrogens with one attached hydrogen (secondary N) is 1. The molecule has 0 fully saturated rings. The van der Waals surface area contributed by atoms with Gasteiger partial charge < -0.3 is 14.8 Å². The van der Waals surface area contributed by atoms with Crippen molar-refractivity contribution < 1.29 is 19.1 Å². The predicted octanol–water partition coefficient (Wildman–Crippen LogP) is 4.21. The average Bonchev–Trinajstić information content (AvgIpc) is 2.63. The van der Waals surface area contributed by atoms with Gasteiger partial charge in [-0.15, -0.1) is 0 Å². The minimum atomic E-state index is -0.441. The largest absolute Gasteiger partial charge is 0.494 e. The maximum absolute atomic E-state index is 12.4. The number of hydrogen-bond acceptors (Lipinski definition) is 4. The maximum atomic E-state index is 12.4. The molecule has 1 N–H and O–H groups in total. The highest BCUT2D eigenvalue weighted by atomic mass is 16.5. The predicted molar refractivity (Wildman–Crippen MR) is 97.3 cm³/mol. The number of benzene rings is 2. The van der Waals surface area contributed by atoms with Crippen LogP contribution < -0.4 is 10.1 Å². The van der Waals surface area contributed by atoms with Gasteiger partial charge in [-0.3, -0.25) is 4.79 Å². The monoisotopic (exact) mass is 341 g/mol. The molecule has 0 unspecified atom stereocenters. The van der Waals surface area contributed by atoms with Crippen LogP contribution in [0.5, 0.6) is 5.75 Å². The van der Waals surface area contributed by atoms with Crippen LogP contribution in [0.3, 0.4) is 0 Å². The van der Waals surface area contributed by atoms with Crippen molar-refractivity contribution in [1.82, 2.24) is 0 Å². The topological polar surface area (TPSA) is 64.6 Å². The second-order valence-electron chi connectivity index (χ2n) is 5.70. The molecule has 2 aromatic carbocycles. The zero-order valence-electron chi connectivity index (χ0n) is 14.8. The number of hydrogen-bond donors (Lipinski definition) is 1. The van der Waals surface area contributed by atoms with Gasteiger partial charge in [-0.05, 0) is 55.3 Å². The third-order valence-electron chi connectivity index (χ3n) is 3.79. The number of anilines is 1. The number of unbranched alkanes of at least 4 members (excludes halogenated alkanes) is 1. The standard InChI is InChI=1S/C20H23NO4/c1-4-5-12-25-17-10-8-15(9-11-17)19(22)21-18-13-16(20(23)24-3)7-6-14(18)2/h6-11,13H,4-5,12H2,1-3H3,(H,21,22). The van der Waals surface area contributed by atoms with Gasteiger partial charge in [-0.1, -0.05) is 19.4 Å². The number of esters is 1. The lowest BCUT2D eigenvalue weighted by molar-refractivity contribution is 0.0600. The summed E-state index contributed by atoms with van der Waals surface area (Å²) < 4.78 is 10.3. The van der Waals surface area contributed by atoms with Crippen LogP contribution in [0.25, 0.3) is 0 Å². The fourth-order valence-electron chi connectivity index (χ4n) is 2.23. The molecule has 0 bridgehead atoms. The lowest BCUT2D eigenvalue weighted by Crippen LogP contribution is -2.13. The van der Waals surface area contributed by atoms with E-state index in [0.29, 0.717) is 23.4 Å². The van der Waals surface area contributed by atoms with Gasteiger partial charge in [0.25, 0.3) is 5.91 Å². The molecule has 5 heteroatoms. The van der Waals surface area contributed by atoms with Crippen LogP contribution in [0.15, 0.2) is 42.5 Å². The Morgan fingerprint density at radius 3 is 2.36 bits per heavy atom. The van der Waals surface area contributed by atoms with E-state index >= 15 is 0 Å². The number of ether oxygens (including phenoxy) is 2. The van der Waals surface area contributed by atoms with E-state index in [1.54, 1.807) is 42.5 Å². The maximum Gasteiger partial charge on any atom is 0.337 e. The molecule has 0 saturated heterocycles. The van der Waals surface area contributed by atoms with E-state index in [2.05, 4.69) is 12.2 Å². The molecule has 25 heavy (non-hydrogen) atoms. The van der Waals surface area contributed by atoms with Gasteiger partial charge in [0, 0.05) is 11.3 Å². The number of carbonyl (C=O) groups is 2. The van der Waals surface area contributed by atoms with Crippen molar-refractivity contribution in [3.8, 4) is 5.75 Å². The molecule has 0 aliphatic carbocycles. The summed E-state index contributed by atoms with van der Waals surface area (Å²) in [6.45, 7) is 4.64. The molecule has 5 nitrogen and oxygen atoms in total. The summed E-state index contributed by atoms with van der Waals surface area (Å²) in [6.07, 6.45) is 2.07. The third kappa shape index (κ3) is 5.08. The first-order chi connectivity index (χ1) is 12.0. The van der Waals surface area contributed by atoms with Crippen LogP contribution >= 0.6 is 0 Å². The Labute approximate surface area is 148 Å². The van der Waals surface area contributed by atoms with E-state index in [-0.39, 0.29) is 5.91 Å². The zero-order chi connectivity index (χ0) is 18.2. The molecular weight excluding hydrogens is 318 g/mol. The molecule has 132 valence electrons. The summed E-state index contributed by atoms with van der Waals surface area (Å²) in [7, 11) is 1.32. The number of aryl methyl sites for hydroxylation is 1. The Morgan fingerprint density at radius 2 is 1.72 bits per heavy atom. The van der Waals surface area contributed by atoms with Gasteiger partial charge in [-0.25, -0.2) is 4.79 Å². The normalized spacial score (nSPS) is 10.2.